The molecule has 1 fully saturated rings. The van der Waals surface area contributed by atoms with Gasteiger partial charge in [-0.2, -0.15) is 0 Å². The Labute approximate surface area is 103 Å². The van der Waals surface area contributed by atoms with Crippen molar-refractivity contribution in [3.8, 4) is 0 Å². The van der Waals surface area contributed by atoms with Gasteiger partial charge in [-0.15, -0.1) is 0 Å². The van der Waals surface area contributed by atoms with Crippen molar-refractivity contribution in [1.82, 2.24) is 4.90 Å². The molecule has 1 aliphatic carbocycles. The number of nitrogens with zero attached hydrogens (tertiary/aromatic N) is 2. The number of hydrogen-bond acceptors (Lipinski definition) is 1. The van der Waals surface area contributed by atoms with Crippen LogP contribution in [0.15, 0.2) is 35.3 Å². The van der Waals surface area contributed by atoms with Crippen LogP contribution in [0, 0.1) is 5.92 Å². The molecule has 2 rings (SSSR count). The smallest absolute Gasteiger partial charge is 0.196 e. The van der Waals surface area contributed by atoms with Gasteiger partial charge in [0, 0.05) is 12.6 Å². The average molecular weight is 231 g/mol. The van der Waals surface area contributed by atoms with Crippen LogP contribution >= 0.6 is 0 Å². The summed E-state index contributed by atoms with van der Waals surface area (Å²) in [7, 11) is 0. The molecule has 1 aromatic carbocycles. The number of benzene rings is 1. The van der Waals surface area contributed by atoms with E-state index in [0.717, 1.165) is 18.2 Å². The van der Waals surface area contributed by atoms with Crippen LogP contribution in [0.4, 0.5) is 5.69 Å². The second-order valence-corrected chi connectivity index (χ2v) is 5.00. The van der Waals surface area contributed by atoms with Crippen LogP contribution in [-0.2, 0) is 0 Å². The van der Waals surface area contributed by atoms with Crippen LogP contribution in [0.25, 0.3) is 0 Å². The first kappa shape index (κ1) is 12.0. The minimum absolute atomic E-state index is 0.406. The Balaban J connectivity index is 2.09. The lowest BCUT2D eigenvalue weighted by Crippen LogP contribution is -2.43. The summed E-state index contributed by atoms with van der Waals surface area (Å²) in [4.78, 5) is 6.68. The predicted octanol–water partition coefficient (Wildman–Crippen LogP) is 2.75. The van der Waals surface area contributed by atoms with Gasteiger partial charge in [-0.05, 0) is 44.7 Å². The molecule has 0 spiro atoms. The molecule has 0 radical (unpaired) electrons. The fourth-order valence-corrected chi connectivity index (χ4v) is 1.85. The molecular formula is C14H21N3. The van der Waals surface area contributed by atoms with E-state index in [0.29, 0.717) is 12.0 Å². The van der Waals surface area contributed by atoms with Crippen molar-refractivity contribution in [2.45, 2.75) is 32.7 Å². The predicted molar refractivity (Wildman–Crippen MR) is 72.3 cm³/mol. The van der Waals surface area contributed by atoms with Crippen LogP contribution in [0.5, 0.6) is 0 Å². The Morgan fingerprint density at radius 2 is 2.00 bits per heavy atom. The van der Waals surface area contributed by atoms with Gasteiger partial charge in [-0.25, -0.2) is 4.99 Å². The van der Waals surface area contributed by atoms with Gasteiger partial charge < -0.3 is 10.6 Å². The second-order valence-electron chi connectivity index (χ2n) is 5.00. The van der Waals surface area contributed by atoms with Crippen LogP contribution < -0.4 is 5.73 Å². The molecule has 0 saturated heterocycles. The quantitative estimate of drug-likeness (QED) is 0.639. The number of nitrogens with two attached hydrogens (primary N) is 1. The molecule has 3 nitrogen and oxygen atoms in total. The molecule has 3 heteroatoms. The Morgan fingerprint density at radius 1 is 1.35 bits per heavy atom. The van der Waals surface area contributed by atoms with E-state index in [9.17, 15) is 0 Å². The molecule has 1 aromatic rings. The lowest BCUT2D eigenvalue weighted by atomic mass is 10.3. The topological polar surface area (TPSA) is 41.6 Å². The highest BCUT2D eigenvalue weighted by Gasteiger charge is 2.26. The monoisotopic (exact) mass is 231 g/mol. The minimum Gasteiger partial charge on any atom is -0.369 e. The van der Waals surface area contributed by atoms with E-state index in [1.807, 2.05) is 30.3 Å². The molecule has 0 atom stereocenters. The Bertz CT molecular complexity index is 380. The molecule has 0 aliphatic heterocycles. The molecule has 0 unspecified atom stereocenters. The lowest BCUT2D eigenvalue weighted by molar-refractivity contribution is 0.332. The first-order valence-electron chi connectivity index (χ1n) is 6.32. The average Bonchev–Trinajstić information content (AvgIpc) is 3.10. The summed E-state index contributed by atoms with van der Waals surface area (Å²) < 4.78 is 0. The van der Waals surface area contributed by atoms with Crippen molar-refractivity contribution >= 4 is 11.6 Å². The molecule has 0 amide bonds. The van der Waals surface area contributed by atoms with Gasteiger partial charge in [0.1, 0.15) is 0 Å². The van der Waals surface area contributed by atoms with Crippen LogP contribution in [0.2, 0.25) is 0 Å². The molecule has 1 aliphatic rings. The second kappa shape index (κ2) is 5.21. The lowest BCUT2D eigenvalue weighted by Gasteiger charge is -2.27. The fourth-order valence-electron chi connectivity index (χ4n) is 1.85. The normalized spacial score (nSPS) is 16.3. The molecule has 92 valence electrons. The molecule has 0 bridgehead atoms. The first-order valence-corrected chi connectivity index (χ1v) is 6.32. The van der Waals surface area contributed by atoms with E-state index in [1.54, 1.807) is 0 Å². The highest BCUT2D eigenvalue weighted by atomic mass is 15.3. The van der Waals surface area contributed by atoms with E-state index >= 15 is 0 Å². The molecular weight excluding hydrogens is 210 g/mol. The van der Waals surface area contributed by atoms with Gasteiger partial charge in [0.05, 0.1) is 5.69 Å². The SMILES string of the molecule is CC(C)N(CC1CC1)C(N)=Nc1ccccc1. The molecule has 2 N–H and O–H groups in total. The van der Waals surface area contributed by atoms with Crippen molar-refractivity contribution in [1.29, 1.82) is 0 Å². The van der Waals surface area contributed by atoms with Crippen LogP contribution in [-0.4, -0.2) is 23.4 Å². The van der Waals surface area contributed by atoms with Crippen molar-refractivity contribution in [2.75, 3.05) is 6.54 Å². The first-order chi connectivity index (χ1) is 8.16. The zero-order chi connectivity index (χ0) is 12.3. The number of guanidine groups is 1. The number of rotatable bonds is 4. The summed E-state index contributed by atoms with van der Waals surface area (Å²) in [5, 5.41) is 0. The summed E-state index contributed by atoms with van der Waals surface area (Å²) in [6.07, 6.45) is 2.67. The summed E-state index contributed by atoms with van der Waals surface area (Å²) in [6.45, 7) is 5.37. The summed E-state index contributed by atoms with van der Waals surface area (Å²) in [5.74, 6) is 1.46. The van der Waals surface area contributed by atoms with Gasteiger partial charge >= 0.3 is 0 Å². The maximum absolute atomic E-state index is 6.10. The third kappa shape index (κ3) is 3.48. The molecule has 17 heavy (non-hydrogen) atoms. The largest absolute Gasteiger partial charge is 0.369 e. The maximum Gasteiger partial charge on any atom is 0.196 e. The number of aliphatic imine (C=N–C) groups is 1. The highest BCUT2D eigenvalue weighted by Crippen LogP contribution is 2.30. The van der Waals surface area contributed by atoms with Gasteiger partial charge in [-0.1, -0.05) is 18.2 Å². The fraction of sp³-hybridized carbons (Fsp3) is 0.500. The van der Waals surface area contributed by atoms with Gasteiger partial charge in [0.2, 0.25) is 0 Å². The Morgan fingerprint density at radius 3 is 2.53 bits per heavy atom. The Kier molecular flexibility index (Phi) is 3.67. The summed E-state index contributed by atoms with van der Waals surface area (Å²) in [6, 6.07) is 10.3. The standard InChI is InChI=1S/C14H21N3/c1-11(2)17(10-12-8-9-12)14(15)16-13-6-4-3-5-7-13/h3-7,11-12H,8-10H2,1-2H3,(H2,15,16). The van der Waals surface area contributed by atoms with E-state index in [2.05, 4.69) is 23.7 Å². The number of para-hydroxylation sites is 1. The van der Waals surface area contributed by atoms with Crippen molar-refractivity contribution < 1.29 is 0 Å². The Hall–Kier alpha value is -1.51. The van der Waals surface area contributed by atoms with Crippen molar-refractivity contribution in [3.63, 3.8) is 0 Å². The van der Waals surface area contributed by atoms with E-state index in [-0.39, 0.29) is 0 Å². The van der Waals surface area contributed by atoms with Crippen molar-refractivity contribution in [3.05, 3.63) is 30.3 Å². The highest BCUT2D eigenvalue weighted by molar-refractivity contribution is 5.81. The third-order valence-electron chi connectivity index (χ3n) is 3.07. The van der Waals surface area contributed by atoms with Gasteiger partial charge in [0.25, 0.3) is 0 Å². The van der Waals surface area contributed by atoms with E-state index in [4.69, 9.17) is 5.73 Å². The van der Waals surface area contributed by atoms with E-state index < -0.39 is 0 Å². The van der Waals surface area contributed by atoms with E-state index in [1.165, 1.54) is 12.8 Å². The zero-order valence-corrected chi connectivity index (χ0v) is 10.6. The van der Waals surface area contributed by atoms with Crippen LogP contribution in [0.1, 0.15) is 26.7 Å². The minimum atomic E-state index is 0.406. The van der Waals surface area contributed by atoms with Crippen LogP contribution in [0.3, 0.4) is 0 Å². The molecule has 0 aromatic heterocycles. The molecule has 1 saturated carbocycles. The zero-order valence-electron chi connectivity index (χ0n) is 10.6. The van der Waals surface area contributed by atoms with Gasteiger partial charge in [0.15, 0.2) is 5.96 Å². The number of hydrogen-bond donors (Lipinski definition) is 1. The summed E-state index contributed by atoms with van der Waals surface area (Å²) >= 11 is 0. The molecule has 0 heterocycles. The summed E-state index contributed by atoms with van der Waals surface area (Å²) in [5.41, 5.74) is 7.03. The van der Waals surface area contributed by atoms with Gasteiger partial charge in [-0.3, -0.25) is 0 Å². The van der Waals surface area contributed by atoms with Crippen molar-refractivity contribution in [2.24, 2.45) is 16.6 Å². The third-order valence-corrected chi connectivity index (χ3v) is 3.07. The maximum atomic E-state index is 6.10.